The second-order valence-electron chi connectivity index (χ2n) is 2.49. The summed E-state index contributed by atoms with van der Waals surface area (Å²) in [7, 11) is -4.44. The molecule has 0 unspecified atom stereocenters. The summed E-state index contributed by atoms with van der Waals surface area (Å²) < 4.78 is 59.2. The molecule has 0 radical (unpaired) electrons. The minimum absolute atomic E-state index is 0.304. The molecule has 9 heteroatoms. The number of rotatable bonds is 2. The lowest BCUT2D eigenvalue weighted by molar-refractivity contribution is 0.141. The van der Waals surface area contributed by atoms with Crippen molar-refractivity contribution in [3.8, 4) is 0 Å². The Balaban J connectivity index is 3.68. The highest BCUT2D eigenvalue weighted by molar-refractivity contribution is 9.10. The highest BCUT2D eigenvalue weighted by Crippen LogP contribution is 2.32. The first-order valence-corrected chi connectivity index (χ1v) is 5.74. The summed E-state index contributed by atoms with van der Waals surface area (Å²) in [6.45, 7) is 0. The Labute approximate surface area is 91.5 Å². The van der Waals surface area contributed by atoms with Crippen molar-refractivity contribution in [1.29, 1.82) is 0 Å². The number of pyridine rings is 1. The quantitative estimate of drug-likeness (QED) is 0.843. The smallest absolute Gasteiger partial charge is 0.227 e. The van der Waals surface area contributed by atoms with Gasteiger partial charge < -0.3 is 0 Å². The summed E-state index contributed by atoms with van der Waals surface area (Å²) in [6, 6.07) is 0. The summed E-state index contributed by atoms with van der Waals surface area (Å²) in [5, 5.41) is 4.68. The van der Waals surface area contributed by atoms with E-state index in [-0.39, 0.29) is 4.47 Å². The van der Waals surface area contributed by atoms with Crippen LogP contribution in [-0.2, 0) is 10.0 Å². The highest BCUT2D eigenvalue weighted by Gasteiger charge is 2.28. The van der Waals surface area contributed by atoms with Crippen molar-refractivity contribution in [3.63, 3.8) is 0 Å². The minimum atomic E-state index is -4.44. The molecule has 0 saturated heterocycles. The average Bonchev–Trinajstić information content (AvgIpc) is 2.05. The van der Waals surface area contributed by atoms with Gasteiger partial charge in [0, 0.05) is 6.20 Å². The van der Waals surface area contributed by atoms with E-state index in [0.29, 0.717) is 0 Å². The lowest BCUT2D eigenvalue weighted by Gasteiger charge is -2.08. The molecule has 15 heavy (non-hydrogen) atoms. The Morgan fingerprint density at radius 3 is 2.33 bits per heavy atom. The predicted octanol–water partition coefficient (Wildman–Crippen LogP) is 1.57. The molecular formula is C6H4BrF3N2O2S. The van der Waals surface area contributed by atoms with Crippen LogP contribution < -0.4 is 5.14 Å². The third-order valence-electron chi connectivity index (χ3n) is 1.48. The molecule has 0 fully saturated rings. The van der Waals surface area contributed by atoms with Crippen molar-refractivity contribution in [3.05, 3.63) is 22.2 Å². The van der Waals surface area contributed by atoms with Gasteiger partial charge in [-0.3, -0.25) is 0 Å². The van der Waals surface area contributed by atoms with Gasteiger partial charge in [0.25, 0.3) is 6.43 Å². The number of sulfonamides is 1. The van der Waals surface area contributed by atoms with Crippen LogP contribution in [-0.4, -0.2) is 13.4 Å². The monoisotopic (exact) mass is 304 g/mol. The van der Waals surface area contributed by atoms with E-state index in [0.717, 1.165) is 6.20 Å². The van der Waals surface area contributed by atoms with E-state index in [4.69, 9.17) is 0 Å². The number of halogens is 4. The van der Waals surface area contributed by atoms with Crippen LogP contribution in [0.25, 0.3) is 0 Å². The standard InChI is InChI=1S/C6H4BrF3N2O2S/c7-2-1-12-6(10)3(5(8)9)4(2)15(11,13)14/h1,5H,(H2,11,13,14). The molecule has 2 N–H and O–H groups in total. The maximum atomic E-state index is 12.9. The van der Waals surface area contributed by atoms with Crippen molar-refractivity contribution in [1.82, 2.24) is 4.98 Å². The van der Waals surface area contributed by atoms with Crippen molar-refractivity contribution in [2.24, 2.45) is 5.14 Å². The van der Waals surface area contributed by atoms with E-state index < -0.39 is 32.9 Å². The van der Waals surface area contributed by atoms with E-state index in [2.05, 4.69) is 26.1 Å². The predicted molar refractivity (Wildman–Crippen MR) is 48.2 cm³/mol. The van der Waals surface area contributed by atoms with Crippen LogP contribution in [0.15, 0.2) is 15.6 Å². The SMILES string of the molecule is NS(=O)(=O)c1c(Br)cnc(F)c1C(F)F. The molecule has 0 saturated carbocycles. The van der Waals surface area contributed by atoms with Crippen LogP contribution in [0.5, 0.6) is 0 Å². The van der Waals surface area contributed by atoms with Crippen LogP contribution in [0.2, 0.25) is 0 Å². The fraction of sp³-hybridized carbons (Fsp3) is 0.167. The average molecular weight is 305 g/mol. The first-order valence-electron chi connectivity index (χ1n) is 3.40. The van der Waals surface area contributed by atoms with E-state index in [1.54, 1.807) is 0 Å². The number of primary sulfonamides is 1. The first kappa shape index (κ1) is 12.4. The second kappa shape index (κ2) is 4.06. The molecule has 0 atom stereocenters. The number of nitrogens with two attached hydrogens (primary N) is 1. The van der Waals surface area contributed by atoms with Gasteiger partial charge in [0.05, 0.1) is 10.0 Å². The zero-order chi connectivity index (χ0) is 11.8. The summed E-state index contributed by atoms with van der Waals surface area (Å²) in [6.07, 6.45) is -2.57. The Kier molecular flexibility index (Phi) is 3.36. The maximum Gasteiger partial charge on any atom is 0.269 e. The van der Waals surface area contributed by atoms with Gasteiger partial charge in [0.2, 0.25) is 16.0 Å². The van der Waals surface area contributed by atoms with Crippen LogP contribution in [0.4, 0.5) is 13.2 Å². The van der Waals surface area contributed by atoms with E-state index >= 15 is 0 Å². The molecule has 0 bridgehead atoms. The normalized spacial score (nSPS) is 12.1. The van der Waals surface area contributed by atoms with E-state index in [1.807, 2.05) is 0 Å². The largest absolute Gasteiger partial charge is 0.269 e. The maximum absolute atomic E-state index is 12.9. The summed E-state index contributed by atoms with van der Waals surface area (Å²) in [5.41, 5.74) is -1.33. The van der Waals surface area contributed by atoms with Gasteiger partial charge in [0.1, 0.15) is 4.90 Å². The molecule has 0 aliphatic carbocycles. The Hall–Kier alpha value is -0.670. The van der Waals surface area contributed by atoms with Crippen molar-refractivity contribution in [2.45, 2.75) is 11.3 Å². The Bertz CT molecular complexity index is 491. The number of aromatic nitrogens is 1. The third kappa shape index (κ3) is 2.47. The zero-order valence-electron chi connectivity index (χ0n) is 6.92. The topological polar surface area (TPSA) is 73.1 Å². The van der Waals surface area contributed by atoms with Gasteiger partial charge in [-0.1, -0.05) is 0 Å². The van der Waals surface area contributed by atoms with Crippen LogP contribution in [0.1, 0.15) is 12.0 Å². The van der Waals surface area contributed by atoms with Gasteiger partial charge >= 0.3 is 0 Å². The molecule has 1 aromatic rings. The van der Waals surface area contributed by atoms with Crippen molar-refractivity contribution < 1.29 is 21.6 Å². The lowest BCUT2D eigenvalue weighted by atomic mass is 10.3. The van der Waals surface area contributed by atoms with Gasteiger partial charge in [0.15, 0.2) is 0 Å². The Morgan fingerprint density at radius 2 is 2.00 bits per heavy atom. The van der Waals surface area contributed by atoms with Crippen LogP contribution in [0.3, 0.4) is 0 Å². The lowest BCUT2D eigenvalue weighted by Crippen LogP contribution is -2.17. The van der Waals surface area contributed by atoms with Crippen LogP contribution >= 0.6 is 15.9 Å². The fourth-order valence-corrected chi connectivity index (χ4v) is 2.74. The first-order chi connectivity index (χ1) is 6.75. The molecular weight excluding hydrogens is 301 g/mol. The summed E-state index contributed by atoms with van der Waals surface area (Å²) in [5.74, 6) is -1.56. The second-order valence-corrected chi connectivity index (χ2v) is 4.84. The molecule has 4 nitrogen and oxygen atoms in total. The summed E-state index contributed by atoms with van der Waals surface area (Å²) in [4.78, 5) is 1.98. The van der Waals surface area contributed by atoms with Gasteiger partial charge in [-0.05, 0) is 15.9 Å². The molecule has 1 aromatic heterocycles. The molecule has 0 aromatic carbocycles. The van der Waals surface area contributed by atoms with E-state index in [1.165, 1.54) is 0 Å². The molecule has 1 heterocycles. The summed E-state index contributed by atoms with van der Waals surface area (Å²) >= 11 is 2.66. The molecule has 0 spiro atoms. The highest BCUT2D eigenvalue weighted by atomic mass is 79.9. The van der Waals surface area contributed by atoms with Crippen LogP contribution in [0, 0.1) is 5.95 Å². The fourth-order valence-electron chi connectivity index (χ4n) is 0.942. The number of alkyl halides is 2. The molecule has 0 aliphatic heterocycles. The Morgan fingerprint density at radius 1 is 1.47 bits per heavy atom. The zero-order valence-corrected chi connectivity index (χ0v) is 9.32. The molecule has 0 amide bonds. The molecule has 0 aliphatic rings. The third-order valence-corrected chi connectivity index (χ3v) is 3.35. The van der Waals surface area contributed by atoms with Gasteiger partial charge in [-0.15, -0.1) is 0 Å². The van der Waals surface area contributed by atoms with Crippen molar-refractivity contribution >= 4 is 26.0 Å². The minimum Gasteiger partial charge on any atom is -0.227 e. The molecule has 84 valence electrons. The number of hydrogen-bond acceptors (Lipinski definition) is 3. The van der Waals surface area contributed by atoms with E-state index in [9.17, 15) is 21.6 Å². The van der Waals surface area contributed by atoms with Gasteiger partial charge in [-0.25, -0.2) is 27.3 Å². The van der Waals surface area contributed by atoms with Gasteiger partial charge in [-0.2, -0.15) is 4.39 Å². The number of nitrogens with zero attached hydrogens (tertiary/aromatic N) is 1. The molecule has 1 rings (SSSR count). The van der Waals surface area contributed by atoms with Crippen molar-refractivity contribution in [2.75, 3.05) is 0 Å². The number of hydrogen-bond donors (Lipinski definition) is 1.